The molecular formula is C32H26BrNO7. The number of imide groups is 1. The lowest BCUT2D eigenvalue weighted by Crippen LogP contribution is -2.39. The van der Waals surface area contributed by atoms with Crippen LogP contribution in [0, 0.1) is 17.8 Å². The molecule has 2 amide bonds. The Bertz CT molecular complexity index is 1680. The molecule has 0 bridgehead atoms. The monoisotopic (exact) mass is 615 g/mol. The maximum atomic E-state index is 14.0. The van der Waals surface area contributed by atoms with E-state index in [1.54, 1.807) is 43.3 Å². The summed E-state index contributed by atoms with van der Waals surface area (Å²) in [5.41, 5.74) is 3.33. The topological polar surface area (TPSA) is 118 Å². The molecular weight excluding hydrogens is 590 g/mol. The van der Waals surface area contributed by atoms with Gasteiger partial charge in [-0.1, -0.05) is 11.6 Å². The Hall–Kier alpha value is -4.11. The van der Waals surface area contributed by atoms with E-state index in [-0.39, 0.29) is 47.1 Å². The van der Waals surface area contributed by atoms with Gasteiger partial charge in [0.1, 0.15) is 0 Å². The molecule has 6 rings (SSSR count). The Morgan fingerprint density at radius 1 is 1.05 bits per heavy atom. The molecule has 4 aliphatic rings. The van der Waals surface area contributed by atoms with Gasteiger partial charge < -0.3 is 9.84 Å². The van der Waals surface area contributed by atoms with Crippen molar-refractivity contribution < 1.29 is 33.8 Å². The highest BCUT2D eigenvalue weighted by molar-refractivity contribution is 9.10. The second-order valence-electron chi connectivity index (χ2n) is 10.9. The smallest absolute Gasteiger partial charge is 0.238 e. The van der Waals surface area contributed by atoms with Crippen molar-refractivity contribution >= 4 is 50.8 Å². The summed E-state index contributed by atoms with van der Waals surface area (Å²) in [4.78, 5) is 67.5. The maximum Gasteiger partial charge on any atom is 0.238 e. The molecule has 8 nitrogen and oxygen atoms in total. The number of amides is 2. The molecule has 4 unspecified atom stereocenters. The van der Waals surface area contributed by atoms with Gasteiger partial charge in [0.15, 0.2) is 28.8 Å². The van der Waals surface area contributed by atoms with E-state index in [0.29, 0.717) is 44.4 Å². The number of ether oxygens (including phenoxy) is 1. The number of aromatic hydroxyl groups is 1. The van der Waals surface area contributed by atoms with Crippen LogP contribution in [0.4, 0.5) is 5.69 Å². The number of rotatable bonds is 4. The Morgan fingerprint density at radius 2 is 1.76 bits per heavy atom. The van der Waals surface area contributed by atoms with Crippen LogP contribution < -0.4 is 9.64 Å². The van der Waals surface area contributed by atoms with Gasteiger partial charge in [-0.3, -0.25) is 28.9 Å². The van der Waals surface area contributed by atoms with Gasteiger partial charge in [0.05, 0.1) is 29.1 Å². The summed E-state index contributed by atoms with van der Waals surface area (Å²) < 4.78 is 5.74. The molecule has 3 aliphatic carbocycles. The van der Waals surface area contributed by atoms with E-state index in [9.17, 15) is 29.1 Å². The van der Waals surface area contributed by atoms with Crippen molar-refractivity contribution in [2.24, 2.45) is 17.8 Å². The molecule has 1 N–H and O–H groups in total. The Kier molecular flexibility index (Phi) is 6.45. The molecule has 2 aromatic rings. The fraction of sp³-hybridized carbons (Fsp3) is 0.281. The van der Waals surface area contributed by atoms with Crippen molar-refractivity contribution in [2.75, 3.05) is 12.0 Å². The summed E-state index contributed by atoms with van der Waals surface area (Å²) in [6.45, 7) is 3.05. The number of ketones is 3. The number of anilines is 1. The summed E-state index contributed by atoms with van der Waals surface area (Å²) in [6, 6.07) is 9.71. The molecule has 1 saturated heterocycles. The Morgan fingerprint density at radius 3 is 2.41 bits per heavy atom. The Labute approximate surface area is 244 Å². The van der Waals surface area contributed by atoms with Crippen LogP contribution >= 0.6 is 15.9 Å². The van der Waals surface area contributed by atoms with Gasteiger partial charge in [0, 0.05) is 28.2 Å². The number of benzene rings is 2. The van der Waals surface area contributed by atoms with Crippen LogP contribution in [0.1, 0.15) is 48.5 Å². The van der Waals surface area contributed by atoms with E-state index in [1.807, 2.05) is 6.08 Å². The van der Waals surface area contributed by atoms with Crippen LogP contribution in [0.5, 0.6) is 11.5 Å². The SMILES string of the molecule is COc1cc(C2C3=CCC4C(=O)N(c5ccc(C(C)=O)cc5)C(=O)C4C3CC3=C2C(=O)C=C(C)C3=O)cc(Br)c1O. The zero-order chi connectivity index (χ0) is 29.3. The van der Waals surface area contributed by atoms with Gasteiger partial charge in [-0.05, 0) is 96.6 Å². The number of hydrogen-bond acceptors (Lipinski definition) is 7. The summed E-state index contributed by atoms with van der Waals surface area (Å²) in [6.07, 6.45) is 3.75. The van der Waals surface area contributed by atoms with Gasteiger partial charge in [-0.15, -0.1) is 0 Å². The number of halogens is 1. The molecule has 4 atom stereocenters. The highest BCUT2D eigenvalue weighted by Crippen LogP contribution is 2.56. The third-order valence-corrected chi connectivity index (χ3v) is 9.30. The first-order valence-electron chi connectivity index (χ1n) is 13.3. The van der Waals surface area contributed by atoms with Crippen molar-refractivity contribution in [3.8, 4) is 11.5 Å². The molecule has 1 aliphatic heterocycles. The molecule has 0 aromatic heterocycles. The van der Waals surface area contributed by atoms with E-state index in [1.165, 1.54) is 25.0 Å². The fourth-order valence-corrected chi connectivity index (χ4v) is 7.24. The van der Waals surface area contributed by atoms with Gasteiger partial charge in [0.2, 0.25) is 11.8 Å². The third-order valence-electron chi connectivity index (χ3n) is 8.70. The fourth-order valence-electron chi connectivity index (χ4n) is 6.78. The molecule has 0 radical (unpaired) electrons. The van der Waals surface area contributed by atoms with E-state index in [2.05, 4.69) is 15.9 Å². The lowest BCUT2D eigenvalue weighted by atomic mass is 9.59. The largest absolute Gasteiger partial charge is 0.503 e. The maximum absolute atomic E-state index is 14.0. The minimum absolute atomic E-state index is 0.0970. The van der Waals surface area contributed by atoms with Crippen molar-refractivity contribution in [1.82, 2.24) is 0 Å². The van der Waals surface area contributed by atoms with Crippen LogP contribution in [-0.4, -0.2) is 41.4 Å². The highest BCUT2D eigenvalue weighted by atomic mass is 79.9. The summed E-state index contributed by atoms with van der Waals surface area (Å²) in [7, 11) is 1.42. The summed E-state index contributed by atoms with van der Waals surface area (Å²) >= 11 is 3.37. The van der Waals surface area contributed by atoms with E-state index < -0.39 is 23.7 Å². The molecule has 0 spiro atoms. The van der Waals surface area contributed by atoms with E-state index in [0.717, 1.165) is 5.57 Å². The van der Waals surface area contributed by atoms with Gasteiger partial charge in [-0.2, -0.15) is 0 Å². The number of phenolic OH excluding ortho intramolecular Hbond substituents is 1. The number of carbonyl (C=O) groups excluding carboxylic acids is 5. The average molecular weight is 616 g/mol. The predicted molar refractivity (Wildman–Crippen MR) is 153 cm³/mol. The zero-order valence-electron chi connectivity index (χ0n) is 22.6. The molecule has 1 heterocycles. The van der Waals surface area contributed by atoms with Gasteiger partial charge in [-0.25, -0.2) is 0 Å². The predicted octanol–water partition coefficient (Wildman–Crippen LogP) is 5.00. The third kappa shape index (κ3) is 4.05. The lowest BCUT2D eigenvalue weighted by molar-refractivity contribution is -0.123. The minimum atomic E-state index is -0.719. The average Bonchev–Trinajstić information content (AvgIpc) is 3.21. The van der Waals surface area contributed by atoms with Crippen molar-refractivity contribution in [2.45, 2.75) is 32.6 Å². The van der Waals surface area contributed by atoms with Crippen LogP contribution in [0.25, 0.3) is 0 Å². The molecule has 1 fully saturated rings. The number of Topliss-reactive ketones (excluding diaryl/α,β-unsaturated/α-hetero) is 2. The summed E-state index contributed by atoms with van der Waals surface area (Å²) in [5.74, 6) is -3.71. The van der Waals surface area contributed by atoms with Crippen LogP contribution in [0.2, 0.25) is 0 Å². The molecule has 0 saturated carbocycles. The van der Waals surface area contributed by atoms with Crippen molar-refractivity contribution in [3.63, 3.8) is 0 Å². The number of nitrogens with zero attached hydrogens (tertiary/aromatic N) is 1. The molecule has 9 heteroatoms. The number of allylic oxidation sites excluding steroid dienone is 6. The molecule has 2 aromatic carbocycles. The summed E-state index contributed by atoms with van der Waals surface area (Å²) in [5, 5.41) is 10.5. The lowest BCUT2D eigenvalue weighted by Gasteiger charge is -2.42. The van der Waals surface area contributed by atoms with E-state index >= 15 is 0 Å². The standard InChI is InChI=1S/C32H26BrNO7/c1-14-10-24(36)28-22(29(14)37)13-21-19(26(28)17-11-23(33)30(38)25(12-17)41-3)8-9-20-27(21)32(40)34(31(20)39)18-6-4-16(5-7-18)15(2)35/h4-8,10-12,20-21,26-27,38H,9,13H2,1-3H3. The minimum Gasteiger partial charge on any atom is -0.503 e. The first kappa shape index (κ1) is 27.1. The molecule has 208 valence electrons. The van der Waals surface area contributed by atoms with Crippen LogP contribution in [0.15, 0.2) is 75.3 Å². The van der Waals surface area contributed by atoms with Crippen molar-refractivity contribution in [3.05, 3.63) is 86.4 Å². The van der Waals surface area contributed by atoms with E-state index in [4.69, 9.17) is 4.74 Å². The second kappa shape index (κ2) is 9.76. The number of fused-ring (bicyclic) bond motifs is 3. The van der Waals surface area contributed by atoms with Crippen molar-refractivity contribution in [1.29, 1.82) is 0 Å². The number of methoxy groups -OCH3 is 1. The van der Waals surface area contributed by atoms with Gasteiger partial charge in [0.25, 0.3) is 0 Å². The number of phenols is 1. The first-order valence-corrected chi connectivity index (χ1v) is 14.1. The highest BCUT2D eigenvalue weighted by Gasteiger charge is 2.56. The van der Waals surface area contributed by atoms with Gasteiger partial charge >= 0.3 is 0 Å². The Balaban J connectivity index is 1.48. The first-order chi connectivity index (χ1) is 19.5. The number of hydrogen-bond donors (Lipinski definition) is 1. The second-order valence-corrected chi connectivity index (χ2v) is 11.8. The van der Waals surface area contributed by atoms with Crippen LogP contribution in [-0.2, 0) is 19.2 Å². The zero-order valence-corrected chi connectivity index (χ0v) is 24.2. The quantitative estimate of drug-likeness (QED) is 0.222. The molecule has 41 heavy (non-hydrogen) atoms. The number of carbonyl (C=O) groups is 5. The normalized spacial score (nSPS) is 25.4. The van der Waals surface area contributed by atoms with Crippen LogP contribution in [0.3, 0.4) is 0 Å².